The molecule has 0 aromatic carbocycles. The second kappa shape index (κ2) is 18.5. The van der Waals surface area contributed by atoms with Crippen molar-refractivity contribution < 1.29 is 4.74 Å². The van der Waals surface area contributed by atoms with E-state index in [-0.39, 0.29) is 0 Å². The van der Waals surface area contributed by atoms with Crippen LogP contribution in [0.5, 0.6) is 0 Å². The Labute approximate surface area is 390 Å². The molecule has 13 aliphatic rings. The predicted molar refractivity (Wildman–Crippen MR) is 263 cm³/mol. The fourth-order valence-electron chi connectivity index (χ4n) is 21.3. The normalized spacial score (nSPS) is 54.3. The van der Waals surface area contributed by atoms with Crippen molar-refractivity contribution in [1.29, 1.82) is 0 Å². The SMILES string of the molecule is C1CCC(C2CCC(N(C3CCC(C4CCCC5CCCCC54)CC3)C3CCC4SC5CCC(C6CCCC7C8CCC9OC%10CCCCC%10C9C8SC67)CC5C4C3)CC2)CC1. The average Bonchev–Trinajstić information content (AvgIpc) is 4.03. The van der Waals surface area contributed by atoms with Crippen LogP contribution in [0.2, 0.25) is 0 Å². The highest BCUT2D eigenvalue weighted by molar-refractivity contribution is 8.01. The lowest BCUT2D eigenvalue weighted by atomic mass is 9.59. The first-order valence-corrected chi connectivity index (χ1v) is 31.3. The summed E-state index contributed by atoms with van der Waals surface area (Å²) in [6.45, 7) is 0. The number of hydrogen-bond acceptors (Lipinski definition) is 4. The zero-order chi connectivity index (χ0) is 40.7. The van der Waals surface area contributed by atoms with Crippen molar-refractivity contribution in [2.24, 2.45) is 82.9 Å². The van der Waals surface area contributed by atoms with Crippen LogP contribution in [0.4, 0.5) is 0 Å². The molecule has 0 N–H and O–H groups in total. The minimum Gasteiger partial charge on any atom is -0.374 e. The number of fused-ring (bicyclic) bond motifs is 11. The van der Waals surface area contributed by atoms with Gasteiger partial charge in [-0.15, -0.1) is 0 Å². The Morgan fingerprint density at radius 1 is 0.290 bits per heavy atom. The first-order chi connectivity index (χ1) is 30.7. The fourth-order valence-corrected chi connectivity index (χ4v) is 25.9. The smallest absolute Gasteiger partial charge is 0.0621 e. The van der Waals surface area contributed by atoms with Gasteiger partial charge in [-0.25, -0.2) is 0 Å². The summed E-state index contributed by atoms with van der Waals surface area (Å²) in [6, 6.07) is 2.73. The third-order valence-corrected chi connectivity index (χ3v) is 27.7. The van der Waals surface area contributed by atoms with E-state index in [1.165, 1.54) is 57.8 Å². The maximum absolute atomic E-state index is 6.93. The summed E-state index contributed by atoms with van der Waals surface area (Å²) in [5, 5.41) is 3.95. The molecule has 3 heterocycles. The van der Waals surface area contributed by atoms with E-state index in [2.05, 4.69) is 28.4 Å². The van der Waals surface area contributed by atoms with E-state index < -0.39 is 0 Å². The number of thioether (sulfide) groups is 2. The molecule has 0 amide bonds. The summed E-state index contributed by atoms with van der Waals surface area (Å²) in [6.07, 6.45) is 55.5. The van der Waals surface area contributed by atoms with E-state index >= 15 is 0 Å². The van der Waals surface area contributed by atoms with Crippen molar-refractivity contribution in [3.8, 4) is 0 Å². The molecule has 0 spiro atoms. The van der Waals surface area contributed by atoms with Gasteiger partial charge in [-0.2, -0.15) is 23.5 Å². The molecule has 0 aromatic heterocycles. The molecule has 2 nitrogen and oxygen atoms in total. The topological polar surface area (TPSA) is 12.5 Å². The highest BCUT2D eigenvalue weighted by atomic mass is 32.2. The van der Waals surface area contributed by atoms with Gasteiger partial charge >= 0.3 is 0 Å². The summed E-state index contributed by atoms with van der Waals surface area (Å²) in [5.41, 5.74) is 0. The summed E-state index contributed by atoms with van der Waals surface area (Å²) in [7, 11) is 0. The van der Waals surface area contributed by atoms with Crippen LogP contribution in [-0.2, 0) is 4.74 Å². The van der Waals surface area contributed by atoms with Crippen LogP contribution in [0.3, 0.4) is 0 Å². The first-order valence-electron chi connectivity index (χ1n) is 29.5. The van der Waals surface area contributed by atoms with Crippen molar-refractivity contribution in [1.82, 2.24) is 4.90 Å². The predicted octanol–water partition coefficient (Wildman–Crippen LogP) is 15.5. The van der Waals surface area contributed by atoms with Crippen LogP contribution < -0.4 is 0 Å². The summed E-state index contributed by atoms with van der Waals surface area (Å²) < 4.78 is 6.93. The Balaban J connectivity index is 0.702. The number of rotatable bonds is 6. The molecule has 4 heteroatoms. The lowest BCUT2D eigenvalue weighted by molar-refractivity contribution is -0.0224. The molecule has 0 aromatic rings. The summed E-state index contributed by atoms with van der Waals surface area (Å²) >= 11 is 5.20. The second-order valence-corrected chi connectivity index (χ2v) is 29.0. The summed E-state index contributed by atoms with van der Waals surface area (Å²) in [5.74, 6) is 14.6. The van der Waals surface area contributed by atoms with Crippen LogP contribution in [0, 0.1) is 82.9 Å². The van der Waals surface area contributed by atoms with Crippen LogP contribution in [0.15, 0.2) is 0 Å². The van der Waals surface area contributed by atoms with Gasteiger partial charge in [0.05, 0.1) is 12.2 Å². The Hall–Kier alpha value is 0.620. The molecule has 0 radical (unpaired) electrons. The highest BCUT2D eigenvalue weighted by Crippen LogP contribution is 2.65. The molecule has 18 atom stereocenters. The zero-order valence-electron chi connectivity index (χ0n) is 39.7. The Morgan fingerprint density at radius 2 is 0.823 bits per heavy atom. The van der Waals surface area contributed by atoms with Gasteiger partial charge in [-0.05, 0) is 218 Å². The van der Waals surface area contributed by atoms with Gasteiger partial charge in [0.2, 0.25) is 0 Å². The van der Waals surface area contributed by atoms with Crippen LogP contribution in [-0.4, -0.2) is 56.2 Å². The van der Waals surface area contributed by atoms with Gasteiger partial charge in [0.15, 0.2) is 0 Å². The number of ether oxygens (including phenoxy) is 1. The van der Waals surface area contributed by atoms with Crippen molar-refractivity contribution >= 4 is 23.5 Å². The van der Waals surface area contributed by atoms with Gasteiger partial charge in [0, 0.05) is 45.0 Å². The van der Waals surface area contributed by atoms with E-state index in [0.717, 1.165) is 122 Å². The Morgan fingerprint density at radius 3 is 1.65 bits per heavy atom. The maximum Gasteiger partial charge on any atom is 0.0621 e. The quantitative estimate of drug-likeness (QED) is 0.263. The van der Waals surface area contributed by atoms with Crippen LogP contribution >= 0.6 is 23.5 Å². The van der Waals surface area contributed by atoms with Crippen molar-refractivity contribution in [2.45, 2.75) is 276 Å². The molecular formula is C58H93NOS2. The minimum absolute atomic E-state index is 0.625. The molecule has 13 fully saturated rings. The summed E-state index contributed by atoms with van der Waals surface area (Å²) in [4.78, 5) is 3.44. The van der Waals surface area contributed by atoms with E-state index in [1.54, 1.807) is 167 Å². The molecule has 3 saturated heterocycles. The molecule has 13 rings (SSSR count). The second-order valence-electron chi connectivity index (χ2n) is 26.2. The number of hydrogen-bond donors (Lipinski definition) is 0. The molecule has 62 heavy (non-hydrogen) atoms. The zero-order valence-corrected chi connectivity index (χ0v) is 41.3. The van der Waals surface area contributed by atoms with Crippen molar-refractivity contribution in [3.05, 3.63) is 0 Å². The van der Waals surface area contributed by atoms with E-state index in [0.29, 0.717) is 12.2 Å². The highest BCUT2D eigenvalue weighted by Gasteiger charge is 2.61. The van der Waals surface area contributed by atoms with Gasteiger partial charge in [-0.3, -0.25) is 4.90 Å². The number of nitrogens with zero attached hydrogens (tertiary/aromatic N) is 1. The van der Waals surface area contributed by atoms with Gasteiger partial charge in [0.1, 0.15) is 0 Å². The molecular weight excluding hydrogens is 791 g/mol. The largest absolute Gasteiger partial charge is 0.374 e. The van der Waals surface area contributed by atoms with Gasteiger partial charge in [-0.1, -0.05) is 83.5 Å². The lowest BCUT2D eigenvalue weighted by Crippen LogP contribution is -2.54. The van der Waals surface area contributed by atoms with E-state index in [1.807, 2.05) is 0 Å². The monoisotopic (exact) mass is 884 g/mol. The Kier molecular flexibility index (Phi) is 12.7. The third-order valence-electron chi connectivity index (χ3n) is 23.9. The van der Waals surface area contributed by atoms with Crippen LogP contribution in [0.25, 0.3) is 0 Å². The fraction of sp³-hybridized carbons (Fsp3) is 1.00. The Bertz CT molecular complexity index is 1500. The van der Waals surface area contributed by atoms with E-state index in [4.69, 9.17) is 4.74 Å². The van der Waals surface area contributed by atoms with Crippen LogP contribution in [0.1, 0.15) is 225 Å². The molecule has 348 valence electrons. The van der Waals surface area contributed by atoms with E-state index in [9.17, 15) is 0 Å². The standard InChI is InChI=1S/C58H93NOS2/c1-2-10-36(11-3-1)37-20-25-41(26-21-37)59(42-27-22-39(23-28-42)45-16-8-13-38-12-4-5-14-44(38)45)43-29-33-55-51(35-43)50-34-40(24-32-54(50)61-55)46-17-9-18-47-48-30-31-53-56(58(48)62-57(46)47)49-15-6-7-19-52(49)60-53/h36-58H,1-35H2. The molecule has 18 unspecified atom stereocenters. The van der Waals surface area contributed by atoms with Gasteiger partial charge in [0.25, 0.3) is 0 Å². The van der Waals surface area contributed by atoms with Crippen molar-refractivity contribution in [3.63, 3.8) is 0 Å². The third kappa shape index (κ3) is 7.86. The molecule has 0 bridgehead atoms. The maximum atomic E-state index is 6.93. The van der Waals surface area contributed by atoms with Gasteiger partial charge < -0.3 is 4.74 Å². The lowest BCUT2D eigenvalue weighted by Gasteiger charge is -2.52. The average molecular weight is 885 g/mol. The molecule has 10 saturated carbocycles. The first kappa shape index (κ1) is 42.7. The minimum atomic E-state index is 0.625. The van der Waals surface area contributed by atoms with Crippen molar-refractivity contribution in [2.75, 3.05) is 0 Å². The molecule has 10 aliphatic carbocycles. The molecule has 3 aliphatic heterocycles.